The van der Waals surface area contributed by atoms with Gasteiger partial charge in [0.2, 0.25) is 11.8 Å². The first-order valence-corrected chi connectivity index (χ1v) is 21.8. The van der Waals surface area contributed by atoms with E-state index < -0.39 is 15.7 Å². The number of benzene rings is 2. The van der Waals surface area contributed by atoms with Crippen molar-refractivity contribution in [1.82, 2.24) is 15.1 Å². The fourth-order valence-corrected chi connectivity index (χ4v) is 9.49. The fourth-order valence-electron chi connectivity index (χ4n) is 9.49. The third kappa shape index (κ3) is 10.7. The highest BCUT2D eigenvalue weighted by molar-refractivity contribution is 7.85. The number of rotatable bonds is 10. The Hall–Kier alpha value is -3.29. The van der Waals surface area contributed by atoms with E-state index in [4.69, 9.17) is 14.0 Å². The average molecular weight is 766 g/mol. The number of carbonyl (C=O) groups excluding carboxylic acids is 2. The largest absolute Gasteiger partial charge is 0.486 e. The Morgan fingerprint density at radius 3 is 2.15 bits per heavy atom. The number of amides is 2. The van der Waals surface area contributed by atoms with Crippen LogP contribution in [0.1, 0.15) is 82.6 Å². The van der Waals surface area contributed by atoms with Crippen LogP contribution in [0.2, 0.25) is 0 Å². The van der Waals surface area contributed by atoms with Gasteiger partial charge in [-0.2, -0.15) is 8.42 Å². The van der Waals surface area contributed by atoms with Crippen LogP contribution in [0.3, 0.4) is 0 Å². The van der Waals surface area contributed by atoms with E-state index in [0.29, 0.717) is 63.1 Å². The number of hydrogen-bond acceptors (Lipinski definition) is 9. The molecule has 11 nitrogen and oxygen atoms in total. The highest BCUT2D eigenvalue weighted by Gasteiger charge is 2.49. The zero-order chi connectivity index (χ0) is 38.2. The molecule has 3 aliphatic heterocycles. The van der Waals surface area contributed by atoms with Crippen LogP contribution in [0.25, 0.3) is 0 Å². The molecule has 12 heteroatoms. The Morgan fingerprint density at radius 2 is 1.52 bits per heavy atom. The topological polar surface area (TPSA) is 146 Å². The minimum absolute atomic E-state index is 0.00359. The molecule has 0 radical (unpaired) electrons. The molecule has 3 aliphatic carbocycles. The Morgan fingerprint density at radius 1 is 0.870 bits per heavy atom. The van der Waals surface area contributed by atoms with Crippen molar-refractivity contribution in [1.29, 1.82) is 0 Å². The van der Waals surface area contributed by atoms with Crippen molar-refractivity contribution in [3.8, 4) is 11.5 Å². The number of nitrogens with one attached hydrogen (secondary N) is 1. The molecule has 3 N–H and O–H groups in total. The van der Waals surface area contributed by atoms with Gasteiger partial charge < -0.3 is 24.8 Å². The van der Waals surface area contributed by atoms with Crippen LogP contribution in [0.5, 0.6) is 11.5 Å². The predicted octanol–water partition coefficient (Wildman–Crippen LogP) is 5.59. The fraction of sp³-hybridized carbons (Fsp3) is 0.619. The quantitative estimate of drug-likeness (QED) is 0.121. The SMILES string of the molecule is CS(=O)(=O)O.O=C1CC2(CCCC2)CC(=O)N1CCNCC1COc2ccccc2O1.OC(CCN1CCCCC1)(c1ccccc1)C1CC2C=CC1C2. The van der Waals surface area contributed by atoms with Crippen LogP contribution in [0.4, 0.5) is 0 Å². The maximum atomic E-state index is 12.4. The maximum Gasteiger partial charge on any atom is 0.261 e. The number of nitrogens with zero attached hydrogens (tertiary/aromatic N) is 2. The van der Waals surface area contributed by atoms with Gasteiger partial charge in [-0.1, -0.05) is 73.9 Å². The summed E-state index contributed by atoms with van der Waals surface area (Å²) in [5.41, 5.74) is 0.435. The molecule has 3 heterocycles. The van der Waals surface area contributed by atoms with E-state index in [1.54, 1.807) is 0 Å². The molecule has 8 rings (SSSR count). The standard InChI is InChI=1S/C21H29NO.C20H26N2O4.CH4O3S/c23-21(19-7-3-1-4-8-19,11-14-22-12-5-2-6-13-22)20-16-17-9-10-18(20)15-17;23-18-11-20(7-3-4-8-20)12-19(24)22(18)10-9-21-13-15-14-25-16-5-1-2-6-17(16)26-15;1-5(2,3)4/h1,3-4,7-10,17-18,20,23H,2,5-6,11-16H2;1-2,5-6,15,21H,3-4,7-14H2;1H3,(H,2,3,4). The number of hydrogen-bond donors (Lipinski definition) is 3. The molecule has 0 aromatic heterocycles. The van der Waals surface area contributed by atoms with E-state index in [1.165, 1.54) is 43.7 Å². The molecule has 5 unspecified atom stereocenters. The molecule has 1 spiro atoms. The van der Waals surface area contributed by atoms with Gasteiger partial charge in [-0.05, 0) is 98.9 Å². The van der Waals surface area contributed by atoms with Crippen LogP contribution < -0.4 is 14.8 Å². The third-order valence-corrected chi connectivity index (χ3v) is 12.2. The highest BCUT2D eigenvalue weighted by atomic mass is 32.2. The predicted molar refractivity (Wildman–Crippen MR) is 208 cm³/mol. The number of imide groups is 1. The summed E-state index contributed by atoms with van der Waals surface area (Å²) in [6, 6.07) is 18.1. The van der Waals surface area contributed by atoms with Gasteiger partial charge in [0.15, 0.2) is 11.5 Å². The number of ether oxygens (including phenoxy) is 2. The van der Waals surface area contributed by atoms with Crippen molar-refractivity contribution in [3.63, 3.8) is 0 Å². The Kier molecular flexibility index (Phi) is 13.5. The van der Waals surface area contributed by atoms with E-state index >= 15 is 0 Å². The Bertz CT molecular complexity index is 1660. The van der Waals surface area contributed by atoms with Crippen molar-refractivity contribution in [2.75, 3.05) is 52.1 Å². The molecule has 2 saturated carbocycles. The summed E-state index contributed by atoms with van der Waals surface area (Å²) in [6.45, 7) is 5.57. The van der Waals surface area contributed by atoms with Gasteiger partial charge in [0.05, 0.1) is 11.9 Å². The van der Waals surface area contributed by atoms with Gasteiger partial charge in [-0.3, -0.25) is 19.0 Å². The molecule has 5 atom stereocenters. The second-order valence-corrected chi connectivity index (χ2v) is 17.7. The molecular formula is C42H59N3O8S. The lowest BCUT2D eigenvalue weighted by Gasteiger charge is -2.40. The van der Waals surface area contributed by atoms with Crippen molar-refractivity contribution in [3.05, 3.63) is 72.3 Å². The lowest BCUT2D eigenvalue weighted by Crippen LogP contribution is -2.50. The zero-order valence-electron chi connectivity index (χ0n) is 31.7. The van der Waals surface area contributed by atoms with Crippen LogP contribution in [0, 0.1) is 23.2 Å². The van der Waals surface area contributed by atoms with Crippen molar-refractivity contribution in [2.45, 2.75) is 88.8 Å². The zero-order valence-corrected chi connectivity index (χ0v) is 32.6. The summed E-state index contributed by atoms with van der Waals surface area (Å²) in [5, 5.41) is 15.1. The number of piperidine rings is 2. The van der Waals surface area contributed by atoms with Crippen LogP contribution in [0.15, 0.2) is 66.7 Å². The number of likely N-dealkylation sites (tertiary alicyclic amines) is 2. The smallest absolute Gasteiger partial charge is 0.261 e. The van der Waals surface area contributed by atoms with Crippen LogP contribution in [-0.2, 0) is 25.3 Å². The number of para-hydroxylation sites is 2. The summed E-state index contributed by atoms with van der Waals surface area (Å²) >= 11 is 0. The van der Waals surface area contributed by atoms with Crippen LogP contribution >= 0.6 is 0 Å². The summed E-state index contributed by atoms with van der Waals surface area (Å²) in [6.07, 6.45) is 18.1. The van der Waals surface area contributed by atoms with Gasteiger partial charge in [0, 0.05) is 39.0 Å². The van der Waals surface area contributed by atoms with Crippen molar-refractivity contribution < 1.29 is 37.1 Å². The number of carbonyl (C=O) groups is 2. The molecule has 2 aromatic rings. The number of aliphatic hydroxyl groups is 1. The normalized spacial score (nSPS) is 26.8. The van der Waals surface area contributed by atoms with E-state index in [1.807, 2.05) is 24.3 Å². The van der Waals surface area contributed by atoms with E-state index in [0.717, 1.165) is 62.1 Å². The molecule has 2 aromatic carbocycles. The van der Waals surface area contributed by atoms with Gasteiger partial charge in [-0.15, -0.1) is 0 Å². The lowest BCUT2D eigenvalue weighted by atomic mass is 9.72. The molecular weight excluding hydrogens is 707 g/mol. The third-order valence-electron chi connectivity index (χ3n) is 12.2. The van der Waals surface area contributed by atoms with E-state index in [9.17, 15) is 23.1 Å². The van der Waals surface area contributed by atoms with E-state index in [2.05, 4.69) is 52.7 Å². The average Bonchev–Trinajstić information content (AvgIpc) is 3.92. The maximum absolute atomic E-state index is 12.4. The first-order valence-electron chi connectivity index (χ1n) is 19.9. The van der Waals surface area contributed by atoms with Crippen molar-refractivity contribution >= 4 is 21.9 Å². The minimum atomic E-state index is -3.67. The molecule has 2 bridgehead atoms. The number of allylic oxidation sites excluding steroid dienone is 2. The van der Waals surface area contributed by atoms with Gasteiger partial charge >= 0.3 is 0 Å². The monoisotopic (exact) mass is 765 g/mol. The minimum Gasteiger partial charge on any atom is -0.486 e. The second kappa shape index (κ2) is 18.1. The summed E-state index contributed by atoms with van der Waals surface area (Å²) < 4.78 is 37.4. The molecule has 2 saturated heterocycles. The van der Waals surface area contributed by atoms with Gasteiger partial charge in [0.1, 0.15) is 12.7 Å². The van der Waals surface area contributed by atoms with Gasteiger partial charge in [-0.25, -0.2) is 0 Å². The Balaban J connectivity index is 0.000000165. The van der Waals surface area contributed by atoms with E-state index in [-0.39, 0.29) is 23.3 Å². The molecule has 2 amide bonds. The molecule has 6 aliphatic rings. The van der Waals surface area contributed by atoms with Crippen LogP contribution in [-0.4, -0.2) is 97.9 Å². The molecule has 4 fully saturated rings. The number of fused-ring (bicyclic) bond motifs is 3. The molecule has 296 valence electrons. The summed E-state index contributed by atoms with van der Waals surface area (Å²) in [7, 11) is -3.67. The van der Waals surface area contributed by atoms with Crippen molar-refractivity contribution in [2.24, 2.45) is 23.2 Å². The molecule has 54 heavy (non-hydrogen) atoms. The second-order valence-electron chi connectivity index (χ2n) is 16.3. The summed E-state index contributed by atoms with van der Waals surface area (Å²) in [4.78, 5) is 28.9. The highest BCUT2D eigenvalue weighted by Crippen LogP contribution is 2.52. The van der Waals surface area contributed by atoms with Gasteiger partial charge in [0.25, 0.3) is 10.1 Å². The summed E-state index contributed by atoms with van der Waals surface area (Å²) in [5.74, 6) is 3.20. The lowest BCUT2D eigenvalue weighted by molar-refractivity contribution is -0.153. The first-order chi connectivity index (χ1) is 25.9. The Labute approximate surface area is 321 Å². The first kappa shape index (κ1) is 40.4.